The molecule has 0 N–H and O–H groups in total. The first-order valence-corrected chi connectivity index (χ1v) is 27.2. The average Bonchev–Trinajstić information content (AvgIpc) is 3.96. The zero-order valence-corrected chi connectivity index (χ0v) is 44.3. The van der Waals surface area contributed by atoms with E-state index in [1.54, 1.807) is 0 Å². The molecule has 0 atom stereocenters. The highest BCUT2D eigenvalue weighted by atomic mass is 14.7. The highest BCUT2D eigenvalue weighted by molar-refractivity contribution is 5.98. The summed E-state index contributed by atoms with van der Waals surface area (Å²) in [4.78, 5) is 10.5. The molecule has 3 aliphatic carbocycles. The summed E-state index contributed by atoms with van der Waals surface area (Å²) in [6, 6.07) is 85.5. The van der Waals surface area contributed by atoms with E-state index in [0.717, 1.165) is 45.0 Å². The van der Waals surface area contributed by atoms with Gasteiger partial charge in [0.2, 0.25) is 0 Å². The normalized spacial score (nSPS) is 14.7. The van der Waals surface area contributed by atoms with Gasteiger partial charge in [0.25, 0.3) is 0 Å². The van der Waals surface area contributed by atoms with E-state index < -0.39 is 0 Å². The number of rotatable bonds is 6. The van der Waals surface area contributed by atoms with Gasteiger partial charge in [0, 0.05) is 38.5 Å². The maximum atomic E-state index is 5.26. The van der Waals surface area contributed by atoms with E-state index in [9.17, 15) is 0 Å². The molecule has 0 amide bonds. The Balaban J connectivity index is 0.704. The zero-order valence-electron chi connectivity index (χ0n) is 44.3. The molecule has 10 aromatic carbocycles. The largest absolute Gasteiger partial charge is 0.248 e. The minimum Gasteiger partial charge on any atom is -0.248 e. The lowest BCUT2D eigenvalue weighted by Crippen LogP contribution is -2.16. The van der Waals surface area contributed by atoms with E-state index in [1.807, 2.05) is 0 Å². The second kappa shape index (κ2) is 16.5. The standard InChI is InChI=1S/C75H56N2/c1-73(2)63-39-47(49-29-35-57-59-37-31-51(43-67(59)74(3,4)65(57)41-49)69-23-13-25-71(76-69)61-21-11-17-45-15-7-9-19-53(45)61)27-33-55(63)56-34-28-48(40-64(56)73)50-30-36-58-60-38-32-52(44-68(60)75(5,6)66(58)42-50)70-24-14-26-72(77-70)62-22-12-18-46-16-8-10-20-54(46)62/h7-44H,1-6H3. The monoisotopic (exact) mass is 984 g/mol. The Morgan fingerprint density at radius 3 is 0.818 bits per heavy atom. The molecule has 0 saturated heterocycles. The summed E-state index contributed by atoms with van der Waals surface area (Å²) in [7, 11) is 0. The van der Waals surface area contributed by atoms with Crippen LogP contribution in [-0.4, -0.2) is 9.97 Å². The van der Waals surface area contributed by atoms with E-state index in [0.29, 0.717) is 0 Å². The van der Waals surface area contributed by atoms with Gasteiger partial charge in [-0.15, -0.1) is 0 Å². The third kappa shape index (κ3) is 6.87. The quantitative estimate of drug-likeness (QED) is 0.166. The first kappa shape index (κ1) is 45.4. The van der Waals surface area contributed by atoms with Crippen LogP contribution in [0, 0.1) is 0 Å². The number of hydrogen-bond donors (Lipinski definition) is 0. The van der Waals surface area contributed by atoms with Gasteiger partial charge in [0.15, 0.2) is 0 Å². The summed E-state index contributed by atoms with van der Waals surface area (Å²) in [5.74, 6) is 0. The fraction of sp³-hybridized carbons (Fsp3) is 0.120. The molecule has 0 spiro atoms. The van der Waals surface area contributed by atoms with Crippen molar-refractivity contribution >= 4 is 21.5 Å². The van der Waals surface area contributed by atoms with Crippen molar-refractivity contribution in [2.75, 3.05) is 0 Å². The molecule has 0 saturated carbocycles. The number of nitrogens with zero attached hydrogens (tertiary/aromatic N) is 2. The van der Waals surface area contributed by atoms with Crippen LogP contribution in [0.3, 0.4) is 0 Å². The fourth-order valence-corrected chi connectivity index (χ4v) is 13.6. The van der Waals surface area contributed by atoms with Crippen molar-refractivity contribution in [2.45, 2.75) is 57.8 Å². The molecule has 366 valence electrons. The van der Waals surface area contributed by atoms with Crippen LogP contribution in [-0.2, 0) is 16.2 Å². The van der Waals surface area contributed by atoms with Gasteiger partial charge in [0.05, 0.1) is 22.8 Å². The smallest absolute Gasteiger partial charge is 0.0715 e. The highest BCUT2D eigenvalue weighted by Gasteiger charge is 2.39. The van der Waals surface area contributed by atoms with Gasteiger partial charge in [-0.25, -0.2) is 9.97 Å². The van der Waals surface area contributed by atoms with Crippen molar-refractivity contribution in [3.05, 3.63) is 264 Å². The van der Waals surface area contributed by atoms with Crippen LogP contribution in [0.15, 0.2) is 231 Å². The maximum absolute atomic E-state index is 5.26. The Kier molecular flexibility index (Phi) is 9.74. The minimum absolute atomic E-state index is 0.181. The lowest BCUT2D eigenvalue weighted by atomic mass is 9.79. The number of pyridine rings is 2. The summed E-state index contributed by atoms with van der Waals surface area (Å²) in [6.45, 7) is 14.3. The van der Waals surface area contributed by atoms with Crippen LogP contribution < -0.4 is 0 Å². The molecular formula is C75H56N2. The molecule has 12 aromatic rings. The van der Waals surface area contributed by atoms with Crippen molar-refractivity contribution in [1.29, 1.82) is 0 Å². The van der Waals surface area contributed by atoms with Gasteiger partial charge in [-0.2, -0.15) is 0 Å². The topological polar surface area (TPSA) is 25.8 Å². The third-order valence-electron chi connectivity index (χ3n) is 17.9. The summed E-state index contributed by atoms with van der Waals surface area (Å²) >= 11 is 0. The summed E-state index contributed by atoms with van der Waals surface area (Å²) in [5, 5.41) is 4.89. The molecule has 0 bridgehead atoms. The predicted molar refractivity (Wildman–Crippen MR) is 322 cm³/mol. The summed E-state index contributed by atoms with van der Waals surface area (Å²) < 4.78 is 0. The highest BCUT2D eigenvalue weighted by Crippen LogP contribution is 2.55. The number of hydrogen-bond acceptors (Lipinski definition) is 2. The van der Waals surface area contributed by atoms with Gasteiger partial charge in [-0.1, -0.05) is 211 Å². The number of benzene rings is 10. The van der Waals surface area contributed by atoms with Gasteiger partial charge < -0.3 is 0 Å². The van der Waals surface area contributed by atoms with Gasteiger partial charge >= 0.3 is 0 Å². The second-order valence-corrected chi connectivity index (χ2v) is 23.3. The van der Waals surface area contributed by atoms with Crippen LogP contribution in [0.4, 0.5) is 0 Å². The van der Waals surface area contributed by atoms with Crippen LogP contribution >= 0.6 is 0 Å². The first-order valence-electron chi connectivity index (χ1n) is 27.2. The Morgan fingerprint density at radius 2 is 0.481 bits per heavy atom. The van der Waals surface area contributed by atoms with Crippen molar-refractivity contribution in [2.24, 2.45) is 0 Å². The van der Waals surface area contributed by atoms with Crippen LogP contribution in [0.5, 0.6) is 0 Å². The molecule has 0 unspecified atom stereocenters. The Morgan fingerprint density at radius 1 is 0.221 bits per heavy atom. The van der Waals surface area contributed by atoms with Crippen molar-refractivity contribution < 1.29 is 0 Å². The molecule has 15 rings (SSSR count). The lowest BCUT2D eigenvalue weighted by Gasteiger charge is -2.24. The van der Waals surface area contributed by atoms with Gasteiger partial charge in [-0.3, -0.25) is 0 Å². The fourth-order valence-electron chi connectivity index (χ4n) is 13.6. The minimum atomic E-state index is -0.186. The van der Waals surface area contributed by atoms with Crippen molar-refractivity contribution in [3.63, 3.8) is 0 Å². The Labute approximate surface area is 451 Å². The van der Waals surface area contributed by atoms with Crippen LogP contribution in [0.1, 0.15) is 74.9 Å². The Bertz CT molecular complexity index is 4190. The van der Waals surface area contributed by atoms with E-state index in [4.69, 9.17) is 9.97 Å². The van der Waals surface area contributed by atoms with E-state index >= 15 is 0 Å². The van der Waals surface area contributed by atoms with Gasteiger partial charge in [-0.05, 0) is 171 Å². The van der Waals surface area contributed by atoms with Gasteiger partial charge in [0.1, 0.15) is 0 Å². The molecule has 3 aliphatic rings. The third-order valence-corrected chi connectivity index (χ3v) is 17.9. The van der Waals surface area contributed by atoms with Crippen molar-refractivity contribution in [1.82, 2.24) is 9.97 Å². The molecule has 0 aliphatic heterocycles. The predicted octanol–water partition coefficient (Wildman–Crippen LogP) is 19.7. The molecule has 2 heteroatoms. The zero-order chi connectivity index (χ0) is 52.0. The SMILES string of the molecule is CC1(C)c2cc(-c3ccc4c(c3)C(C)(C)c3cc(-c5cccc(-c6cccc7ccccc67)n5)ccc3-4)ccc2-c2ccc(-c3ccc4c(c3)C(C)(C)c3cc(-c5cccc(-c6cccc7ccccc67)n5)ccc3-4)cc21. The summed E-state index contributed by atoms with van der Waals surface area (Å²) in [6.07, 6.45) is 0. The average molecular weight is 985 g/mol. The molecule has 2 heterocycles. The molecule has 2 nitrogen and oxygen atoms in total. The molecule has 2 aromatic heterocycles. The Hall–Kier alpha value is -8.98. The molecule has 0 radical (unpaired) electrons. The maximum Gasteiger partial charge on any atom is 0.0715 e. The van der Waals surface area contributed by atoms with Crippen LogP contribution in [0.25, 0.3) is 122 Å². The molecule has 77 heavy (non-hydrogen) atoms. The van der Waals surface area contributed by atoms with E-state index in [1.165, 1.54) is 111 Å². The first-order chi connectivity index (χ1) is 37.4. The molecule has 0 fully saturated rings. The number of aromatic nitrogens is 2. The number of fused-ring (bicyclic) bond motifs is 11. The lowest BCUT2D eigenvalue weighted by molar-refractivity contribution is 0.659. The second-order valence-electron chi connectivity index (χ2n) is 23.3. The van der Waals surface area contributed by atoms with E-state index in [2.05, 4.69) is 272 Å². The van der Waals surface area contributed by atoms with Crippen LogP contribution in [0.2, 0.25) is 0 Å². The summed E-state index contributed by atoms with van der Waals surface area (Å²) in [5.41, 5.74) is 29.1. The molecular weight excluding hydrogens is 929 g/mol. The van der Waals surface area contributed by atoms with E-state index in [-0.39, 0.29) is 16.2 Å². The van der Waals surface area contributed by atoms with Crippen molar-refractivity contribution in [3.8, 4) is 101 Å².